The summed E-state index contributed by atoms with van der Waals surface area (Å²) in [5.74, 6) is -0.209. The van der Waals surface area contributed by atoms with Gasteiger partial charge in [0.2, 0.25) is 5.91 Å². The third kappa shape index (κ3) is 5.73. The number of carbonyl (C=O) groups excluding carboxylic acids is 3. The molecule has 2 aromatic rings. The number of carbonyl (C=O) groups is 3. The highest BCUT2D eigenvalue weighted by molar-refractivity contribution is 6.05. The molecule has 0 aromatic heterocycles. The maximum Gasteiger partial charge on any atom is 0.255 e. The maximum atomic E-state index is 13.1. The lowest BCUT2D eigenvalue weighted by molar-refractivity contribution is -0.124. The molecule has 2 N–H and O–H groups in total. The summed E-state index contributed by atoms with van der Waals surface area (Å²) >= 11 is 0. The van der Waals surface area contributed by atoms with E-state index in [1.807, 2.05) is 6.07 Å². The van der Waals surface area contributed by atoms with Crippen molar-refractivity contribution in [3.8, 4) is 6.07 Å². The number of nitriles is 1. The summed E-state index contributed by atoms with van der Waals surface area (Å²) in [6.45, 7) is 5.33. The average Bonchev–Trinajstić information content (AvgIpc) is 3.28. The minimum absolute atomic E-state index is 0.113. The molecule has 32 heavy (non-hydrogen) atoms. The second-order valence-electron chi connectivity index (χ2n) is 8.36. The number of rotatable bonds is 7. The standard InChI is InChI=1S/C25H28N4O3/c1-17(2)11-12-27-24(31)22-10-5-13-29(22)25(32)20-8-4-9-21(15-20)28-23(30)19-7-3-6-18(14-19)16-26/h3-4,6-9,14-15,17,22H,5,10-13H2,1-2H3,(H,27,31)(H,28,30)/t22-/m1/s1. The zero-order valence-corrected chi connectivity index (χ0v) is 18.4. The van der Waals surface area contributed by atoms with Crippen molar-refractivity contribution < 1.29 is 14.4 Å². The highest BCUT2D eigenvalue weighted by Crippen LogP contribution is 2.22. The number of hydrogen-bond acceptors (Lipinski definition) is 4. The van der Waals surface area contributed by atoms with Gasteiger partial charge in [0.05, 0.1) is 11.6 Å². The van der Waals surface area contributed by atoms with Crippen molar-refractivity contribution in [1.82, 2.24) is 10.2 Å². The van der Waals surface area contributed by atoms with E-state index in [9.17, 15) is 14.4 Å². The molecule has 1 aliphatic heterocycles. The first-order valence-electron chi connectivity index (χ1n) is 10.9. The maximum absolute atomic E-state index is 13.1. The smallest absolute Gasteiger partial charge is 0.255 e. The van der Waals surface area contributed by atoms with Crippen molar-refractivity contribution in [1.29, 1.82) is 5.26 Å². The number of nitrogens with one attached hydrogen (secondary N) is 2. The zero-order valence-electron chi connectivity index (χ0n) is 18.4. The van der Waals surface area contributed by atoms with Gasteiger partial charge in [0.1, 0.15) is 6.04 Å². The van der Waals surface area contributed by atoms with Gasteiger partial charge in [0, 0.05) is 29.9 Å². The topological polar surface area (TPSA) is 102 Å². The van der Waals surface area contributed by atoms with E-state index in [0.29, 0.717) is 47.8 Å². The van der Waals surface area contributed by atoms with Crippen molar-refractivity contribution >= 4 is 23.4 Å². The van der Waals surface area contributed by atoms with Gasteiger partial charge in [0.25, 0.3) is 11.8 Å². The fraction of sp³-hybridized carbons (Fsp3) is 0.360. The highest BCUT2D eigenvalue weighted by atomic mass is 16.2. The predicted octanol–water partition coefficient (Wildman–Crippen LogP) is 3.58. The Balaban J connectivity index is 1.68. The van der Waals surface area contributed by atoms with Crippen molar-refractivity contribution in [2.24, 2.45) is 5.92 Å². The molecule has 0 saturated carbocycles. The Hall–Kier alpha value is -3.66. The Morgan fingerprint density at radius 1 is 1.12 bits per heavy atom. The molecule has 3 rings (SSSR count). The third-order valence-electron chi connectivity index (χ3n) is 5.46. The van der Waals surface area contributed by atoms with Crippen LogP contribution in [0.5, 0.6) is 0 Å². The Morgan fingerprint density at radius 3 is 2.62 bits per heavy atom. The quantitative estimate of drug-likeness (QED) is 0.698. The number of anilines is 1. The van der Waals surface area contributed by atoms with Crippen LogP contribution in [0.3, 0.4) is 0 Å². The predicted molar refractivity (Wildman–Crippen MR) is 122 cm³/mol. The van der Waals surface area contributed by atoms with Crippen LogP contribution in [0.2, 0.25) is 0 Å². The molecule has 1 heterocycles. The molecular weight excluding hydrogens is 404 g/mol. The first-order chi connectivity index (χ1) is 15.4. The summed E-state index contributed by atoms with van der Waals surface area (Å²) in [4.78, 5) is 39.9. The van der Waals surface area contributed by atoms with E-state index in [1.54, 1.807) is 47.4 Å². The van der Waals surface area contributed by atoms with Gasteiger partial charge in [0.15, 0.2) is 0 Å². The van der Waals surface area contributed by atoms with E-state index in [-0.39, 0.29) is 17.7 Å². The Labute approximate surface area is 188 Å². The van der Waals surface area contributed by atoms with E-state index in [4.69, 9.17) is 5.26 Å². The van der Waals surface area contributed by atoms with Crippen LogP contribution in [0.4, 0.5) is 5.69 Å². The van der Waals surface area contributed by atoms with Crippen LogP contribution < -0.4 is 10.6 Å². The van der Waals surface area contributed by atoms with Crippen LogP contribution in [0.15, 0.2) is 48.5 Å². The lowest BCUT2D eigenvalue weighted by Crippen LogP contribution is -2.46. The Bertz CT molecular complexity index is 1040. The van der Waals surface area contributed by atoms with Crippen LogP contribution in [0.1, 0.15) is 59.4 Å². The molecular formula is C25H28N4O3. The second-order valence-corrected chi connectivity index (χ2v) is 8.36. The lowest BCUT2D eigenvalue weighted by Gasteiger charge is -2.24. The zero-order chi connectivity index (χ0) is 23.1. The summed E-state index contributed by atoms with van der Waals surface area (Å²) in [7, 11) is 0. The monoisotopic (exact) mass is 432 g/mol. The average molecular weight is 433 g/mol. The van der Waals surface area contributed by atoms with Gasteiger partial charge < -0.3 is 15.5 Å². The molecule has 166 valence electrons. The lowest BCUT2D eigenvalue weighted by atomic mass is 10.1. The Morgan fingerprint density at radius 2 is 1.88 bits per heavy atom. The van der Waals surface area contributed by atoms with E-state index in [2.05, 4.69) is 24.5 Å². The molecule has 0 aliphatic carbocycles. The third-order valence-corrected chi connectivity index (χ3v) is 5.46. The van der Waals surface area contributed by atoms with Gasteiger partial charge in [-0.2, -0.15) is 5.26 Å². The molecule has 7 nitrogen and oxygen atoms in total. The van der Waals surface area contributed by atoms with E-state index in [0.717, 1.165) is 12.8 Å². The number of likely N-dealkylation sites (tertiary alicyclic amines) is 1. The highest BCUT2D eigenvalue weighted by Gasteiger charge is 2.34. The molecule has 1 atom stereocenters. The summed E-state index contributed by atoms with van der Waals surface area (Å²) in [5.41, 5.74) is 1.64. The number of benzene rings is 2. The van der Waals surface area contributed by atoms with Gasteiger partial charge in [-0.25, -0.2) is 0 Å². The largest absolute Gasteiger partial charge is 0.354 e. The minimum Gasteiger partial charge on any atom is -0.354 e. The molecule has 1 saturated heterocycles. The normalized spacial score (nSPS) is 15.3. The van der Waals surface area contributed by atoms with E-state index in [1.165, 1.54) is 6.07 Å². The Kier molecular flexibility index (Phi) is 7.61. The van der Waals surface area contributed by atoms with Crippen molar-refractivity contribution in [2.75, 3.05) is 18.4 Å². The minimum atomic E-state index is -0.471. The van der Waals surface area contributed by atoms with Gasteiger partial charge in [-0.05, 0) is 61.6 Å². The fourth-order valence-electron chi connectivity index (χ4n) is 3.71. The summed E-state index contributed by atoms with van der Waals surface area (Å²) in [5, 5.41) is 14.7. The van der Waals surface area contributed by atoms with Crippen LogP contribution in [0.25, 0.3) is 0 Å². The van der Waals surface area contributed by atoms with Gasteiger partial charge in [-0.1, -0.05) is 26.0 Å². The molecule has 0 bridgehead atoms. The van der Waals surface area contributed by atoms with Crippen molar-refractivity contribution in [3.63, 3.8) is 0 Å². The van der Waals surface area contributed by atoms with Crippen LogP contribution in [0, 0.1) is 17.2 Å². The van der Waals surface area contributed by atoms with E-state index < -0.39 is 6.04 Å². The molecule has 0 spiro atoms. The second kappa shape index (κ2) is 10.6. The van der Waals surface area contributed by atoms with Crippen LogP contribution in [-0.2, 0) is 4.79 Å². The van der Waals surface area contributed by atoms with Gasteiger partial charge >= 0.3 is 0 Å². The van der Waals surface area contributed by atoms with E-state index >= 15 is 0 Å². The molecule has 2 aromatic carbocycles. The van der Waals surface area contributed by atoms with Crippen molar-refractivity contribution in [3.05, 3.63) is 65.2 Å². The van der Waals surface area contributed by atoms with Crippen molar-refractivity contribution in [2.45, 2.75) is 39.2 Å². The fourth-order valence-corrected chi connectivity index (χ4v) is 3.71. The summed E-state index contributed by atoms with van der Waals surface area (Å²) in [6.07, 6.45) is 2.32. The number of nitrogens with zero attached hydrogens (tertiary/aromatic N) is 2. The summed E-state index contributed by atoms with van der Waals surface area (Å²) < 4.78 is 0. The first kappa shape index (κ1) is 23.0. The van der Waals surface area contributed by atoms with Crippen LogP contribution >= 0.6 is 0 Å². The SMILES string of the molecule is CC(C)CCNC(=O)[C@H]1CCCN1C(=O)c1cccc(NC(=O)c2cccc(C#N)c2)c1. The molecule has 0 unspecified atom stereocenters. The summed E-state index contributed by atoms with van der Waals surface area (Å²) in [6, 6.07) is 14.6. The number of hydrogen-bond donors (Lipinski definition) is 2. The first-order valence-corrected chi connectivity index (χ1v) is 10.9. The molecule has 1 aliphatic rings. The molecule has 1 fully saturated rings. The van der Waals surface area contributed by atoms with Gasteiger partial charge in [-0.15, -0.1) is 0 Å². The molecule has 3 amide bonds. The molecule has 7 heteroatoms. The van der Waals surface area contributed by atoms with Crippen LogP contribution in [-0.4, -0.2) is 41.8 Å². The molecule has 0 radical (unpaired) electrons. The number of amides is 3. The van der Waals surface area contributed by atoms with Gasteiger partial charge in [-0.3, -0.25) is 14.4 Å².